The lowest BCUT2D eigenvalue weighted by Crippen LogP contribution is -2.53. The summed E-state index contributed by atoms with van der Waals surface area (Å²) in [5.74, 6) is -1.05. The van der Waals surface area contributed by atoms with E-state index in [0.717, 1.165) is 0 Å². The van der Waals surface area contributed by atoms with Crippen LogP contribution in [0.2, 0.25) is 0 Å². The largest absolute Gasteiger partial charge is 0.480 e. The molecule has 5 nitrogen and oxygen atoms in total. The Morgan fingerprint density at radius 2 is 1.92 bits per heavy atom. The van der Waals surface area contributed by atoms with E-state index < -0.39 is 11.5 Å². The van der Waals surface area contributed by atoms with Crippen LogP contribution >= 0.6 is 0 Å². The highest BCUT2D eigenvalue weighted by Gasteiger charge is 2.29. The molecule has 0 aromatic rings. The smallest absolute Gasteiger partial charge is 0.328 e. The molecule has 0 aliphatic carbocycles. The summed E-state index contributed by atoms with van der Waals surface area (Å²) in [4.78, 5) is 23.3. The van der Waals surface area contributed by atoms with E-state index in [4.69, 9.17) is 5.11 Å². The maximum Gasteiger partial charge on any atom is 0.328 e. The fraction of sp³-hybridized carbons (Fsp3) is 0.750. The van der Waals surface area contributed by atoms with E-state index in [2.05, 4.69) is 5.32 Å². The predicted molar refractivity (Wildman–Crippen MR) is 48.6 cm³/mol. The summed E-state index contributed by atoms with van der Waals surface area (Å²) in [7, 11) is 1.60. The number of carboxylic acid groups (broad SMARTS) is 1. The highest BCUT2D eigenvalue weighted by atomic mass is 16.4. The molecule has 0 heterocycles. The third-order valence-electron chi connectivity index (χ3n) is 1.78. The van der Waals surface area contributed by atoms with Crippen molar-refractivity contribution >= 4 is 12.0 Å². The van der Waals surface area contributed by atoms with Crippen molar-refractivity contribution < 1.29 is 14.7 Å². The van der Waals surface area contributed by atoms with Crippen molar-refractivity contribution in [3.63, 3.8) is 0 Å². The third kappa shape index (κ3) is 3.31. The van der Waals surface area contributed by atoms with Gasteiger partial charge in [-0.25, -0.2) is 9.59 Å². The molecule has 0 aliphatic heterocycles. The predicted octanol–water partition coefficient (Wildman–Crippen LogP) is 0.511. The lowest BCUT2D eigenvalue weighted by Gasteiger charge is -2.24. The molecule has 2 N–H and O–H groups in total. The van der Waals surface area contributed by atoms with Gasteiger partial charge in [0.2, 0.25) is 0 Å². The van der Waals surface area contributed by atoms with Crippen LogP contribution < -0.4 is 5.32 Å². The van der Waals surface area contributed by atoms with Crippen LogP contribution in [-0.2, 0) is 4.79 Å². The first-order valence-corrected chi connectivity index (χ1v) is 4.08. The number of nitrogens with zero attached hydrogens (tertiary/aromatic N) is 1. The number of carbonyl (C=O) groups excluding carboxylic acids is 1. The molecule has 0 rings (SSSR count). The van der Waals surface area contributed by atoms with Crippen LogP contribution in [0.25, 0.3) is 0 Å². The minimum absolute atomic E-state index is 0.380. The zero-order valence-electron chi connectivity index (χ0n) is 8.42. The molecule has 13 heavy (non-hydrogen) atoms. The van der Waals surface area contributed by atoms with Crippen molar-refractivity contribution in [2.75, 3.05) is 13.6 Å². The van der Waals surface area contributed by atoms with E-state index >= 15 is 0 Å². The fourth-order valence-electron chi connectivity index (χ4n) is 0.560. The first-order chi connectivity index (χ1) is 5.81. The van der Waals surface area contributed by atoms with E-state index in [1.807, 2.05) is 6.92 Å². The second-order valence-corrected chi connectivity index (χ2v) is 3.37. The summed E-state index contributed by atoms with van der Waals surface area (Å²) in [5.41, 5.74) is -1.22. The van der Waals surface area contributed by atoms with Crippen molar-refractivity contribution in [2.24, 2.45) is 0 Å². The van der Waals surface area contributed by atoms with Crippen LogP contribution in [-0.4, -0.2) is 41.1 Å². The fourth-order valence-corrected chi connectivity index (χ4v) is 0.560. The third-order valence-corrected chi connectivity index (χ3v) is 1.78. The monoisotopic (exact) mass is 188 g/mol. The molecule has 0 spiro atoms. The Balaban J connectivity index is 4.28. The summed E-state index contributed by atoms with van der Waals surface area (Å²) < 4.78 is 0. The standard InChI is InChI=1S/C8H16N2O3/c1-5-10(4)7(13)9-8(2,3)6(11)12/h5H2,1-4H3,(H,9,13)(H,11,12). The number of urea groups is 1. The van der Waals surface area contributed by atoms with Crippen LogP contribution in [0.1, 0.15) is 20.8 Å². The second-order valence-electron chi connectivity index (χ2n) is 3.37. The Bertz CT molecular complexity index is 213. The number of aliphatic carboxylic acids is 1. The zero-order valence-corrected chi connectivity index (χ0v) is 8.42. The molecule has 0 aromatic carbocycles. The topological polar surface area (TPSA) is 69.6 Å². The van der Waals surface area contributed by atoms with Gasteiger partial charge in [0, 0.05) is 13.6 Å². The molecule has 0 unspecified atom stereocenters. The Labute approximate surface area is 77.7 Å². The van der Waals surface area contributed by atoms with Crippen molar-refractivity contribution in [2.45, 2.75) is 26.3 Å². The molecule has 0 radical (unpaired) electrons. The van der Waals surface area contributed by atoms with Crippen LogP contribution in [0.3, 0.4) is 0 Å². The van der Waals surface area contributed by atoms with Gasteiger partial charge in [-0.1, -0.05) is 0 Å². The molecule has 0 bridgehead atoms. The summed E-state index contributed by atoms with van der Waals surface area (Å²) in [5, 5.41) is 11.1. The van der Waals surface area contributed by atoms with Crippen molar-refractivity contribution in [1.29, 1.82) is 0 Å². The molecule has 0 atom stereocenters. The number of amides is 2. The van der Waals surface area contributed by atoms with E-state index in [9.17, 15) is 9.59 Å². The van der Waals surface area contributed by atoms with Crippen LogP contribution in [0.15, 0.2) is 0 Å². The molecular formula is C8H16N2O3. The van der Waals surface area contributed by atoms with Crippen molar-refractivity contribution in [1.82, 2.24) is 10.2 Å². The summed E-state index contributed by atoms with van der Waals surface area (Å²) >= 11 is 0. The maximum atomic E-state index is 11.2. The Kier molecular flexibility index (Phi) is 3.71. The molecule has 0 aliphatic rings. The Hall–Kier alpha value is -1.26. The normalized spacial score (nSPS) is 10.8. The Morgan fingerprint density at radius 3 is 2.23 bits per heavy atom. The Morgan fingerprint density at radius 1 is 1.46 bits per heavy atom. The molecule has 5 heteroatoms. The molecule has 0 saturated carbocycles. The van der Waals surface area contributed by atoms with Crippen LogP contribution in [0, 0.1) is 0 Å². The van der Waals surface area contributed by atoms with Gasteiger partial charge in [-0.2, -0.15) is 0 Å². The van der Waals surface area contributed by atoms with Crippen LogP contribution in [0.4, 0.5) is 4.79 Å². The van der Waals surface area contributed by atoms with Gasteiger partial charge in [0.05, 0.1) is 0 Å². The SMILES string of the molecule is CCN(C)C(=O)NC(C)(C)C(=O)O. The van der Waals surface area contributed by atoms with Gasteiger partial charge in [0.25, 0.3) is 0 Å². The van der Waals surface area contributed by atoms with E-state index in [0.29, 0.717) is 6.54 Å². The van der Waals surface area contributed by atoms with Crippen LogP contribution in [0.5, 0.6) is 0 Å². The van der Waals surface area contributed by atoms with Gasteiger partial charge in [0.15, 0.2) is 0 Å². The maximum absolute atomic E-state index is 11.2. The minimum atomic E-state index is -1.22. The average Bonchev–Trinajstić information content (AvgIpc) is 2.01. The number of hydrogen-bond acceptors (Lipinski definition) is 2. The summed E-state index contributed by atoms with van der Waals surface area (Å²) in [6.45, 7) is 5.24. The zero-order chi connectivity index (χ0) is 10.6. The first kappa shape index (κ1) is 11.7. The average molecular weight is 188 g/mol. The van der Waals surface area contributed by atoms with Gasteiger partial charge >= 0.3 is 12.0 Å². The van der Waals surface area contributed by atoms with Gasteiger partial charge in [0.1, 0.15) is 5.54 Å². The molecule has 0 saturated heterocycles. The van der Waals surface area contributed by atoms with Gasteiger partial charge in [-0.3, -0.25) is 0 Å². The minimum Gasteiger partial charge on any atom is -0.480 e. The summed E-state index contributed by atoms with van der Waals surface area (Å²) in [6, 6.07) is -0.380. The molecule has 0 fully saturated rings. The number of nitrogens with one attached hydrogen (secondary N) is 1. The van der Waals surface area contributed by atoms with Crippen molar-refractivity contribution in [3.8, 4) is 0 Å². The molecule has 76 valence electrons. The number of carboxylic acids is 1. The second kappa shape index (κ2) is 4.11. The summed E-state index contributed by atoms with van der Waals surface area (Å²) in [6.07, 6.45) is 0. The lowest BCUT2D eigenvalue weighted by atomic mass is 10.1. The number of carbonyl (C=O) groups is 2. The highest BCUT2D eigenvalue weighted by molar-refractivity contribution is 5.85. The molecule has 2 amide bonds. The molecule has 0 aromatic heterocycles. The van der Waals surface area contributed by atoms with E-state index in [-0.39, 0.29) is 6.03 Å². The van der Waals surface area contributed by atoms with Gasteiger partial charge < -0.3 is 15.3 Å². The van der Waals surface area contributed by atoms with Gasteiger partial charge in [-0.15, -0.1) is 0 Å². The molecular weight excluding hydrogens is 172 g/mol. The number of rotatable bonds is 3. The highest BCUT2D eigenvalue weighted by Crippen LogP contribution is 2.02. The van der Waals surface area contributed by atoms with Crippen molar-refractivity contribution in [3.05, 3.63) is 0 Å². The first-order valence-electron chi connectivity index (χ1n) is 4.08. The van der Waals surface area contributed by atoms with Gasteiger partial charge in [-0.05, 0) is 20.8 Å². The number of hydrogen-bond donors (Lipinski definition) is 2. The van der Waals surface area contributed by atoms with E-state index in [1.165, 1.54) is 18.7 Å². The lowest BCUT2D eigenvalue weighted by molar-refractivity contribution is -0.143. The van der Waals surface area contributed by atoms with E-state index in [1.54, 1.807) is 7.05 Å². The quantitative estimate of drug-likeness (QED) is 0.678.